The third-order valence-corrected chi connectivity index (χ3v) is 4.13. The molecule has 0 fully saturated rings. The van der Waals surface area contributed by atoms with Gasteiger partial charge in [-0.15, -0.1) is 0 Å². The lowest BCUT2D eigenvalue weighted by Gasteiger charge is -2.19. The first-order valence-corrected chi connectivity index (χ1v) is 8.46. The van der Waals surface area contributed by atoms with Crippen LogP contribution in [0, 0.1) is 5.92 Å². The molecule has 0 amide bonds. The summed E-state index contributed by atoms with van der Waals surface area (Å²) in [5.74, 6) is 0.669. The lowest BCUT2D eigenvalue weighted by atomic mass is 9.95. The SMILES string of the molecule is CCCNC(c1cccc(CC(C)C)c1)c1ccoc1Br. The van der Waals surface area contributed by atoms with E-state index in [4.69, 9.17) is 4.42 Å². The molecule has 21 heavy (non-hydrogen) atoms. The van der Waals surface area contributed by atoms with Crippen molar-refractivity contribution in [3.05, 3.63) is 58.0 Å². The topological polar surface area (TPSA) is 25.2 Å². The fraction of sp³-hybridized carbons (Fsp3) is 0.444. The zero-order valence-corrected chi connectivity index (χ0v) is 14.6. The maximum atomic E-state index is 5.42. The molecular weight excluding hydrogens is 326 g/mol. The van der Waals surface area contributed by atoms with Gasteiger partial charge in [0.05, 0.1) is 12.3 Å². The standard InChI is InChI=1S/C18H24BrNO/c1-4-9-20-17(16-8-10-21-18(16)19)15-7-5-6-14(12-15)11-13(2)3/h5-8,10,12-13,17,20H,4,9,11H2,1-3H3. The van der Waals surface area contributed by atoms with E-state index < -0.39 is 0 Å². The van der Waals surface area contributed by atoms with Crippen LogP contribution in [0.4, 0.5) is 0 Å². The molecule has 0 bridgehead atoms. The van der Waals surface area contributed by atoms with Crippen LogP contribution in [-0.2, 0) is 6.42 Å². The predicted octanol–water partition coefficient (Wildman–Crippen LogP) is 5.33. The molecule has 0 aliphatic rings. The van der Waals surface area contributed by atoms with Crippen LogP contribution >= 0.6 is 15.9 Å². The van der Waals surface area contributed by atoms with Gasteiger partial charge >= 0.3 is 0 Å². The van der Waals surface area contributed by atoms with E-state index in [9.17, 15) is 0 Å². The molecular formula is C18H24BrNO. The van der Waals surface area contributed by atoms with Gasteiger partial charge in [-0.25, -0.2) is 0 Å². The fourth-order valence-electron chi connectivity index (χ4n) is 2.58. The minimum atomic E-state index is 0.171. The van der Waals surface area contributed by atoms with Crippen LogP contribution in [0.2, 0.25) is 0 Å². The Labute approximate surface area is 136 Å². The van der Waals surface area contributed by atoms with Crippen LogP contribution in [0.1, 0.15) is 49.9 Å². The monoisotopic (exact) mass is 349 g/mol. The van der Waals surface area contributed by atoms with Crippen molar-refractivity contribution < 1.29 is 4.42 Å². The number of nitrogens with one attached hydrogen (secondary N) is 1. The van der Waals surface area contributed by atoms with Gasteiger partial charge in [0, 0.05) is 5.56 Å². The van der Waals surface area contributed by atoms with E-state index in [1.165, 1.54) is 11.1 Å². The summed E-state index contributed by atoms with van der Waals surface area (Å²) in [7, 11) is 0. The summed E-state index contributed by atoms with van der Waals surface area (Å²) in [6.45, 7) is 7.68. The van der Waals surface area contributed by atoms with Gasteiger partial charge < -0.3 is 9.73 Å². The minimum Gasteiger partial charge on any atom is -0.457 e. The van der Waals surface area contributed by atoms with Crippen LogP contribution in [0.15, 0.2) is 45.7 Å². The Morgan fingerprint density at radius 3 is 2.67 bits per heavy atom. The van der Waals surface area contributed by atoms with Gasteiger partial charge in [0.25, 0.3) is 0 Å². The van der Waals surface area contributed by atoms with Gasteiger partial charge in [-0.1, -0.05) is 45.0 Å². The molecule has 2 aromatic rings. The molecule has 0 radical (unpaired) electrons. The zero-order chi connectivity index (χ0) is 15.2. The summed E-state index contributed by atoms with van der Waals surface area (Å²) < 4.78 is 6.23. The molecule has 1 N–H and O–H groups in total. The van der Waals surface area contributed by atoms with Crippen LogP contribution in [-0.4, -0.2) is 6.54 Å². The van der Waals surface area contributed by atoms with Crippen LogP contribution < -0.4 is 5.32 Å². The van der Waals surface area contributed by atoms with Gasteiger partial charge in [-0.2, -0.15) is 0 Å². The van der Waals surface area contributed by atoms with E-state index in [1.54, 1.807) is 6.26 Å². The van der Waals surface area contributed by atoms with Gasteiger partial charge in [-0.05, 0) is 58.4 Å². The fourth-order valence-corrected chi connectivity index (χ4v) is 3.05. The summed E-state index contributed by atoms with van der Waals surface area (Å²) in [5, 5.41) is 3.62. The molecule has 2 rings (SSSR count). The van der Waals surface area contributed by atoms with E-state index in [-0.39, 0.29) is 6.04 Å². The van der Waals surface area contributed by atoms with Crippen molar-refractivity contribution in [1.29, 1.82) is 0 Å². The second kappa shape index (κ2) is 7.81. The van der Waals surface area contributed by atoms with Crippen LogP contribution in [0.5, 0.6) is 0 Å². The van der Waals surface area contributed by atoms with E-state index in [2.05, 4.69) is 66.3 Å². The third kappa shape index (κ3) is 4.45. The molecule has 114 valence electrons. The Kier molecular flexibility index (Phi) is 6.07. The maximum Gasteiger partial charge on any atom is 0.174 e. The molecule has 0 saturated carbocycles. The number of hydrogen-bond acceptors (Lipinski definition) is 2. The Balaban J connectivity index is 2.30. The number of hydrogen-bond donors (Lipinski definition) is 1. The highest BCUT2D eigenvalue weighted by atomic mass is 79.9. The highest BCUT2D eigenvalue weighted by molar-refractivity contribution is 9.10. The molecule has 1 unspecified atom stereocenters. The van der Waals surface area contributed by atoms with Crippen molar-refractivity contribution in [2.75, 3.05) is 6.54 Å². The van der Waals surface area contributed by atoms with Crippen molar-refractivity contribution >= 4 is 15.9 Å². The highest BCUT2D eigenvalue weighted by Crippen LogP contribution is 2.30. The number of rotatable bonds is 7. The van der Waals surface area contributed by atoms with Crippen molar-refractivity contribution in [3.8, 4) is 0 Å². The summed E-state index contributed by atoms with van der Waals surface area (Å²) in [4.78, 5) is 0. The Hall–Kier alpha value is -1.06. The van der Waals surface area contributed by atoms with Crippen molar-refractivity contribution in [3.63, 3.8) is 0 Å². The van der Waals surface area contributed by atoms with Gasteiger partial charge in [0.15, 0.2) is 4.67 Å². The smallest absolute Gasteiger partial charge is 0.174 e. The normalized spacial score (nSPS) is 12.8. The quantitative estimate of drug-likeness (QED) is 0.730. The van der Waals surface area contributed by atoms with E-state index in [0.717, 1.165) is 29.6 Å². The molecule has 3 heteroatoms. The van der Waals surface area contributed by atoms with Crippen molar-refractivity contribution in [2.24, 2.45) is 5.92 Å². The minimum absolute atomic E-state index is 0.171. The average Bonchev–Trinajstić information content (AvgIpc) is 2.85. The largest absolute Gasteiger partial charge is 0.457 e. The third-order valence-electron chi connectivity index (χ3n) is 3.48. The molecule has 0 aliphatic heterocycles. The molecule has 1 atom stereocenters. The van der Waals surface area contributed by atoms with E-state index in [1.807, 2.05) is 6.07 Å². The molecule has 2 nitrogen and oxygen atoms in total. The Morgan fingerprint density at radius 2 is 2.05 bits per heavy atom. The predicted molar refractivity (Wildman–Crippen MR) is 91.5 cm³/mol. The molecule has 0 spiro atoms. The first-order chi connectivity index (χ1) is 10.1. The van der Waals surface area contributed by atoms with Gasteiger partial charge in [0.1, 0.15) is 0 Å². The summed E-state index contributed by atoms with van der Waals surface area (Å²) in [6.07, 6.45) is 3.95. The van der Waals surface area contributed by atoms with E-state index in [0.29, 0.717) is 5.92 Å². The number of furan rings is 1. The van der Waals surface area contributed by atoms with Crippen molar-refractivity contribution in [1.82, 2.24) is 5.32 Å². The first-order valence-electron chi connectivity index (χ1n) is 7.67. The van der Waals surface area contributed by atoms with Gasteiger partial charge in [-0.3, -0.25) is 0 Å². The number of halogens is 1. The summed E-state index contributed by atoms with van der Waals surface area (Å²) in [6, 6.07) is 11.1. The zero-order valence-electron chi connectivity index (χ0n) is 13.0. The van der Waals surface area contributed by atoms with Crippen LogP contribution in [0.3, 0.4) is 0 Å². The second-order valence-electron chi connectivity index (χ2n) is 5.88. The second-order valence-corrected chi connectivity index (χ2v) is 6.60. The molecule has 1 aromatic heterocycles. The summed E-state index contributed by atoms with van der Waals surface area (Å²) >= 11 is 3.51. The molecule has 1 heterocycles. The summed E-state index contributed by atoms with van der Waals surface area (Å²) in [5.41, 5.74) is 3.85. The molecule has 1 aromatic carbocycles. The molecule has 0 aliphatic carbocycles. The lowest BCUT2D eigenvalue weighted by Crippen LogP contribution is -2.23. The first kappa shape index (κ1) is 16.3. The highest BCUT2D eigenvalue weighted by Gasteiger charge is 2.18. The van der Waals surface area contributed by atoms with Crippen molar-refractivity contribution in [2.45, 2.75) is 39.7 Å². The van der Waals surface area contributed by atoms with Gasteiger partial charge in [0.2, 0.25) is 0 Å². The maximum absolute atomic E-state index is 5.42. The lowest BCUT2D eigenvalue weighted by molar-refractivity contribution is 0.523. The Morgan fingerprint density at radius 1 is 1.24 bits per heavy atom. The van der Waals surface area contributed by atoms with Crippen LogP contribution in [0.25, 0.3) is 0 Å². The Bertz CT molecular complexity index is 562. The average molecular weight is 350 g/mol. The number of benzene rings is 1. The van der Waals surface area contributed by atoms with E-state index >= 15 is 0 Å². The molecule has 0 saturated heterocycles.